The quantitative estimate of drug-likeness (QED) is 0.0116. The Hall–Kier alpha value is -9.25. The third-order valence-electron chi connectivity index (χ3n) is 17.3. The highest BCUT2D eigenvalue weighted by molar-refractivity contribution is 7.54. The maximum Gasteiger partial charge on any atom is 0.409 e. The Morgan fingerprint density at radius 1 is 0.442 bits per heavy atom. The summed E-state index contributed by atoms with van der Waals surface area (Å²) in [6.07, 6.45) is -3.31. The van der Waals surface area contributed by atoms with Gasteiger partial charge in [-0.15, -0.1) is 0 Å². The molecule has 3 fully saturated rings. The monoisotopic (exact) mass is 1650 g/mol. The van der Waals surface area contributed by atoms with E-state index in [0.29, 0.717) is 0 Å². The smallest absolute Gasteiger partial charge is 0.409 e. The Morgan fingerprint density at radius 3 is 1.07 bits per heavy atom. The zero-order valence-electron chi connectivity index (χ0n) is 65.9. The molecule has 0 spiro atoms. The number of rotatable bonds is 50. The number of ether oxygens (including phenoxy) is 3. The molecule has 48 nitrogen and oxygen atoms in total. The Bertz CT molecular complexity index is 3340. The van der Waals surface area contributed by atoms with Gasteiger partial charge in [-0.05, 0) is 119 Å². The van der Waals surface area contributed by atoms with Crippen LogP contribution in [-0.2, 0) is 70.7 Å². The third kappa shape index (κ3) is 37.1. The summed E-state index contributed by atoms with van der Waals surface area (Å²) in [5.74, 6) is -7.93. The van der Waals surface area contributed by atoms with Crippen LogP contribution in [0.25, 0.3) is 0 Å². The molecule has 0 aromatic rings. The predicted molar refractivity (Wildman–Crippen MR) is 423 cm³/mol. The van der Waals surface area contributed by atoms with Crippen molar-refractivity contribution in [3.8, 4) is 0 Å². The Kier molecular flexibility index (Phi) is 44.0. The number of aliphatic hydroxyl groups is 1. The number of carbonyl (C=O) groups is 9. The molecule has 3 aliphatic heterocycles. The molecule has 3 heterocycles. The molecular formula is C63H125N31O17P2. The van der Waals surface area contributed by atoms with E-state index in [2.05, 4.69) is 67.2 Å². The second kappa shape index (κ2) is 50.8. The van der Waals surface area contributed by atoms with E-state index >= 15 is 4.57 Å². The maximum atomic E-state index is 15.1. The van der Waals surface area contributed by atoms with E-state index in [0.717, 1.165) is 0 Å². The van der Waals surface area contributed by atoms with Crippen molar-refractivity contribution in [2.75, 3.05) is 153 Å². The topological polar surface area (TPSA) is 744 Å². The summed E-state index contributed by atoms with van der Waals surface area (Å²) in [6, 6.07) is -8.48. The van der Waals surface area contributed by atoms with E-state index in [1.165, 1.54) is 26.1 Å². The molecule has 50 heteroatoms. The number of amides is 9. The van der Waals surface area contributed by atoms with Gasteiger partial charge in [0.05, 0.1) is 50.8 Å². The van der Waals surface area contributed by atoms with Crippen LogP contribution in [0.3, 0.4) is 0 Å². The van der Waals surface area contributed by atoms with E-state index in [-0.39, 0.29) is 231 Å². The van der Waals surface area contributed by atoms with Crippen molar-refractivity contribution in [2.45, 2.75) is 158 Å². The zero-order chi connectivity index (χ0) is 84.5. The Labute approximate surface area is 658 Å². The zero-order valence-corrected chi connectivity index (χ0v) is 67.7. The molecule has 0 aromatic carbocycles. The molecule has 0 bridgehead atoms. The van der Waals surface area contributed by atoms with Crippen LogP contribution in [-0.4, -0.2) is 336 Å². The predicted octanol–water partition coefficient (Wildman–Crippen LogP) is -8.82. The van der Waals surface area contributed by atoms with Gasteiger partial charge in [0.2, 0.25) is 47.3 Å². The number of aliphatic hydroxyl groups excluding tert-OH is 1. The SMILES string of the molecule is CC(=O)N[C@@H](CCCN=C(N)N)C(=O)N[C@@H](CCCN=C(N)N)C(=O)N[C@@H](CCCN=C(N)N)C(=O)N[C@@H](CCCN=C(N)N)C(=O)N[C@@H](CCCN=C(N)N)C(=O)N[C@@H](CCCN=C(N)N)C(=O)NCC(=O)N1C[C@@H](COP(=O)(N(C)C)N2C[C@@H](COP(=O)(N(C)C)N3CCN(C(=O)OCCO)CC3)O[C@@H](C)C2)O[C@@H](C)C1. The first-order valence-corrected chi connectivity index (χ1v) is 40.2. The minimum Gasteiger partial charge on any atom is -0.447 e. The second-order valence-corrected chi connectivity index (χ2v) is 32.5. The highest BCUT2D eigenvalue weighted by atomic mass is 31.2. The number of carbonyl (C=O) groups excluding carboxylic acids is 9. The van der Waals surface area contributed by atoms with Gasteiger partial charge in [0.25, 0.3) is 0 Å². The molecule has 0 radical (unpaired) electrons. The van der Waals surface area contributed by atoms with Gasteiger partial charge in [-0.25, -0.2) is 23.5 Å². The van der Waals surface area contributed by atoms with E-state index < -0.39 is 136 Å². The van der Waals surface area contributed by atoms with Crippen LogP contribution in [0, 0.1) is 0 Å². The number of nitrogens with one attached hydrogen (secondary N) is 7. The van der Waals surface area contributed by atoms with Crippen molar-refractivity contribution in [3.63, 3.8) is 0 Å². The van der Waals surface area contributed by atoms with E-state index in [9.17, 15) is 47.7 Å². The van der Waals surface area contributed by atoms with Crippen molar-refractivity contribution in [1.29, 1.82) is 0 Å². The Balaban J connectivity index is 1.91. The number of morpholine rings is 2. The molecule has 644 valence electrons. The lowest BCUT2D eigenvalue weighted by Gasteiger charge is -2.44. The van der Waals surface area contributed by atoms with Gasteiger partial charge in [0.15, 0.2) is 35.8 Å². The normalized spacial score (nSPS) is 19.2. The van der Waals surface area contributed by atoms with Gasteiger partial charge in [0, 0.05) is 98.6 Å². The van der Waals surface area contributed by atoms with E-state index in [1.807, 2.05) is 0 Å². The first-order chi connectivity index (χ1) is 53.3. The first kappa shape index (κ1) is 97.9. The number of nitrogens with zero attached hydrogens (tertiary/aromatic N) is 12. The van der Waals surface area contributed by atoms with Crippen LogP contribution in [0.15, 0.2) is 30.0 Å². The summed E-state index contributed by atoms with van der Waals surface area (Å²) in [5.41, 5.74) is 67.0. The fourth-order valence-electron chi connectivity index (χ4n) is 11.9. The molecule has 3 aliphatic rings. The van der Waals surface area contributed by atoms with Crippen LogP contribution in [0.5, 0.6) is 0 Å². The Morgan fingerprint density at radius 2 is 0.752 bits per heavy atom. The van der Waals surface area contributed by atoms with Crippen LogP contribution in [0.4, 0.5) is 4.79 Å². The fourth-order valence-corrected chi connectivity index (χ4v) is 15.9. The van der Waals surface area contributed by atoms with E-state index in [1.54, 1.807) is 51.4 Å². The maximum absolute atomic E-state index is 15.1. The molecule has 0 saturated carbocycles. The summed E-state index contributed by atoms with van der Waals surface area (Å²) in [4.78, 5) is 153. The van der Waals surface area contributed by atoms with E-state index in [4.69, 9.17) is 97.2 Å². The number of piperazine rings is 1. The first-order valence-electron chi connectivity index (χ1n) is 37.1. The lowest BCUT2D eigenvalue weighted by atomic mass is 10.0. The average Bonchev–Trinajstić information content (AvgIpc) is 0.793. The minimum atomic E-state index is -3.90. The van der Waals surface area contributed by atoms with Crippen LogP contribution < -0.4 is 106 Å². The van der Waals surface area contributed by atoms with Crippen LogP contribution in [0.1, 0.15) is 97.8 Å². The molecule has 113 heavy (non-hydrogen) atoms. The van der Waals surface area contributed by atoms with Gasteiger partial charge in [-0.2, -0.15) is 0 Å². The van der Waals surface area contributed by atoms with Crippen molar-refractivity contribution in [1.82, 2.24) is 65.7 Å². The molecule has 0 aromatic heterocycles. The summed E-state index contributed by atoms with van der Waals surface area (Å²) in [7, 11) is -1.18. The lowest BCUT2D eigenvalue weighted by molar-refractivity contribution is -0.147. The molecule has 3 rings (SSSR count). The highest BCUT2D eigenvalue weighted by Crippen LogP contribution is 2.55. The van der Waals surface area contributed by atoms with Crippen LogP contribution in [0.2, 0.25) is 0 Å². The van der Waals surface area contributed by atoms with Gasteiger partial charge in [0.1, 0.15) is 42.9 Å². The second-order valence-electron chi connectivity index (χ2n) is 27.3. The van der Waals surface area contributed by atoms with Crippen LogP contribution >= 0.6 is 15.3 Å². The lowest BCUT2D eigenvalue weighted by Crippen LogP contribution is -2.60. The number of nitrogens with two attached hydrogens (primary N) is 12. The number of hydrogen-bond acceptors (Lipinski definition) is 23. The molecule has 2 unspecified atom stereocenters. The average molecular weight is 1650 g/mol. The minimum absolute atomic E-state index is 0.00232. The van der Waals surface area contributed by atoms with Crippen molar-refractivity contribution < 1.29 is 80.6 Å². The molecule has 0 aliphatic carbocycles. The van der Waals surface area contributed by atoms with Crippen molar-refractivity contribution in [3.05, 3.63) is 0 Å². The largest absolute Gasteiger partial charge is 0.447 e. The molecule has 12 atom stereocenters. The molecule has 32 N–H and O–H groups in total. The summed E-state index contributed by atoms with van der Waals surface area (Å²) in [6.45, 7) is 4.20. The summed E-state index contributed by atoms with van der Waals surface area (Å²) < 4.78 is 65.8. The number of guanidine groups is 6. The summed E-state index contributed by atoms with van der Waals surface area (Å²) in [5, 5.41) is 27.6. The third-order valence-corrected chi connectivity index (χ3v) is 22.5. The van der Waals surface area contributed by atoms with Gasteiger partial charge in [-0.1, -0.05) is 0 Å². The molecule has 3 saturated heterocycles. The molecular weight excluding hydrogens is 1520 g/mol. The highest BCUT2D eigenvalue weighted by Gasteiger charge is 2.45. The number of hydrogen-bond donors (Lipinski definition) is 20. The van der Waals surface area contributed by atoms with Gasteiger partial charge in [-0.3, -0.25) is 77.4 Å². The number of aliphatic imine (C=N–C) groups is 6. The standard InChI is InChI=1S/C63H125N31O17P2/c1-39-33-92(35-42(110-39)37-109-113(106,90(6)7)94-34-40(2)111-43(36-94)38-108-112(105,89(4)5)93-28-26-91(27-29-93)63(104)107-31-30-95)50(97)32-82-51(98)44(14-8-20-76-57(64)65)84-53(100)46(16-10-22-78-59(68)69)86-55(102)48(18-12-24-80-61(72)73)88-56(103)49(19-13-25-81-62(74)75)87-54(101)47(17-11-23-79-60(70)71)85-52(99)45(83-41(3)96)15-9-21-77-58(66)67/h39-40,42-49,95H,8-38H2,1-7H3,(H,82,98)(H,83,96)(H,84,100)(H,85,99)(H,86,102)(H,87,101)(H,88,103)(H4,64,65,76)(H4,66,67,77)(H4,68,69,78)(H4,70,71,79)(H4,72,73,80)(H4,74,75,81)/t39-,40-,42-,43-,44-,45-,46-,47-,48-,49-,112?,113?/m0/s1. The van der Waals surface area contributed by atoms with Gasteiger partial charge < -0.3 is 144 Å². The summed E-state index contributed by atoms with van der Waals surface area (Å²) >= 11 is 0. The van der Waals surface area contributed by atoms with Gasteiger partial charge >= 0.3 is 21.4 Å². The molecule has 9 amide bonds. The fraction of sp³-hybridized carbons (Fsp3) is 0.762. The van der Waals surface area contributed by atoms with Crippen molar-refractivity contribution in [2.24, 2.45) is 98.8 Å². The van der Waals surface area contributed by atoms with Crippen molar-refractivity contribution >= 4 is 104 Å².